The Kier molecular flexibility index (Phi) is 6.03. The molecule has 1 aromatic heterocycles. The maximum Gasteiger partial charge on any atom is 0.0327 e. The van der Waals surface area contributed by atoms with E-state index < -0.39 is 0 Å². The fourth-order valence-electron chi connectivity index (χ4n) is 1.42. The summed E-state index contributed by atoms with van der Waals surface area (Å²) in [5.74, 6) is 0. The van der Waals surface area contributed by atoms with E-state index >= 15 is 0 Å². The van der Waals surface area contributed by atoms with Crippen LogP contribution in [-0.2, 0) is 13.1 Å². The predicted octanol–water partition coefficient (Wildman–Crippen LogP) is 3.09. The third-order valence-corrected chi connectivity index (χ3v) is 3.80. The van der Waals surface area contributed by atoms with E-state index in [2.05, 4.69) is 50.2 Å². The van der Waals surface area contributed by atoms with E-state index in [0.717, 1.165) is 19.6 Å². The Morgan fingerprint density at radius 2 is 2.00 bits per heavy atom. The average molecular weight is 240 g/mol. The maximum atomic E-state index is 3.44. The van der Waals surface area contributed by atoms with E-state index in [0.29, 0.717) is 6.04 Å². The maximum absolute atomic E-state index is 3.44. The molecule has 1 aromatic rings. The lowest BCUT2D eigenvalue weighted by atomic mass is 10.3. The van der Waals surface area contributed by atoms with Gasteiger partial charge < -0.3 is 5.32 Å². The Morgan fingerprint density at radius 3 is 2.62 bits per heavy atom. The molecule has 3 heteroatoms. The normalized spacial score (nSPS) is 11.6. The Labute approximate surface area is 104 Å². The Hall–Kier alpha value is -0.380. The molecule has 1 rings (SSSR count). The molecule has 1 N–H and O–H groups in total. The largest absolute Gasteiger partial charge is 0.312 e. The number of hydrogen-bond acceptors (Lipinski definition) is 3. The minimum Gasteiger partial charge on any atom is -0.312 e. The molecule has 1 heterocycles. The standard InChI is InChI=1S/C13H24N2S/c1-5-8-14-9-12-6-7-13(16-12)10-15(4)11(2)3/h6-7,11,14H,5,8-10H2,1-4H3. The van der Waals surface area contributed by atoms with Crippen molar-refractivity contribution < 1.29 is 0 Å². The summed E-state index contributed by atoms with van der Waals surface area (Å²) < 4.78 is 0. The van der Waals surface area contributed by atoms with Crippen LogP contribution in [0, 0.1) is 0 Å². The molecule has 0 spiro atoms. The smallest absolute Gasteiger partial charge is 0.0327 e. The van der Waals surface area contributed by atoms with Gasteiger partial charge in [0.25, 0.3) is 0 Å². The number of rotatable bonds is 7. The molecule has 16 heavy (non-hydrogen) atoms. The van der Waals surface area contributed by atoms with Gasteiger partial charge in [0.1, 0.15) is 0 Å². The first-order valence-electron chi connectivity index (χ1n) is 6.12. The summed E-state index contributed by atoms with van der Waals surface area (Å²) in [6.45, 7) is 9.86. The Bertz CT molecular complexity index is 294. The fourth-order valence-corrected chi connectivity index (χ4v) is 2.47. The highest BCUT2D eigenvalue weighted by atomic mass is 32.1. The summed E-state index contributed by atoms with van der Waals surface area (Å²) in [4.78, 5) is 5.28. The lowest BCUT2D eigenvalue weighted by Gasteiger charge is -2.19. The van der Waals surface area contributed by atoms with Gasteiger partial charge in [0.2, 0.25) is 0 Å². The molecular weight excluding hydrogens is 216 g/mol. The Balaban J connectivity index is 2.39. The summed E-state index contributed by atoms with van der Waals surface area (Å²) in [5, 5.41) is 3.44. The lowest BCUT2D eigenvalue weighted by Crippen LogP contribution is -2.25. The molecule has 0 aromatic carbocycles. The fraction of sp³-hybridized carbons (Fsp3) is 0.692. The van der Waals surface area contributed by atoms with Crippen LogP contribution in [0.25, 0.3) is 0 Å². The van der Waals surface area contributed by atoms with Crippen LogP contribution in [0.2, 0.25) is 0 Å². The molecule has 0 aliphatic rings. The quantitative estimate of drug-likeness (QED) is 0.737. The number of hydrogen-bond donors (Lipinski definition) is 1. The zero-order valence-electron chi connectivity index (χ0n) is 10.9. The van der Waals surface area contributed by atoms with E-state index in [4.69, 9.17) is 0 Å². The first-order valence-corrected chi connectivity index (χ1v) is 6.93. The van der Waals surface area contributed by atoms with Gasteiger partial charge in [-0.3, -0.25) is 4.90 Å². The summed E-state index contributed by atoms with van der Waals surface area (Å²) >= 11 is 1.92. The number of thiophene rings is 1. The van der Waals surface area contributed by atoms with Crippen LogP contribution in [0.3, 0.4) is 0 Å². The van der Waals surface area contributed by atoms with Crippen LogP contribution in [0.15, 0.2) is 12.1 Å². The molecule has 0 bridgehead atoms. The molecule has 92 valence electrons. The summed E-state index contributed by atoms with van der Waals surface area (Å²) in [7, 11) is 2.18. The van der Waals surface area contributed by atoms with Gasteiger partial charge in [-0.1, -0.05) is 6.92 Å². The highest BCUT2D eigenvalue weighted by Gasteiger charge is 2.06. The van der Waals surface area contributed by atoms with Crippen molar-refractivity contribution in [2.45, 2.75) is 46.3 Å². The molecule has 0 atom stereocenters. The number of nitrogens with one attached hydrogen (secondary N) is 1. The molecule has 0 amide bonds. The molecule has 0 aliphatic heterocycles. The van der Waals surface area contributed by atoms with Crippen molar-refractivity contribution in [2.75, 3.05) is 13.6 Å². The second-order valence-electron chi connectivity index (χ2n) is 4.55. The van der Waals surface area contributed by atoms with Crippen LogP contribution in [0.1, 0.15) is 36.9 Å². The van der Waals surface area contributed by atoms with Crippen LogP contribution >= 0.6 is 11.3 Å². The highest BCUT2D eigenvalue weighted by molar-refractivity contribution is 7.11. The van der Waals surface area contributed by atoms with Crippen molar-refractivity contribution in [2.24, 2.45) is 0 Å². The number of nitrogens with zero attached hydrogens (tertiary/aromatic N) is 1. The molecular formula is C13H24N2S. The molecule has 0 saturated carbocycles. The monoisotopic (exact) mass is 240 g/mol. The minimum atomic E-state index is 0.615. The molecule has 2 nitrogen and oxygen atoms in total. The third-order valence-electron chi connectivity index (χ3n) is 2.73. The van der Waals surface area contributed by atoms with Crippen LogP contribution < -0.4 is 5.32 Å². The summed E-state index contributed by atoms with van der Waals surface area (Å²) in [6, 6.07) is 5.12. The van der Waals surface area contributed by atoms with Crippen molar-refractivity contribution in [1.82, 2.24) is 10.2 Å². The molecule has 0 radical (unpaired) electrons. The van der Waals surface area contributed by atoms with Crippen LogP contribution in [-0.4, -0.2) is 24.5 Å². The van der Waals surface area contributed by atoms with Gasteiger partial charge >= 0.3 is 0 Å². The zero-order valence-corrected chi connectivity index (χ0v) is 11.7. The van der Waals surface area contributed by atoms with E-state index in [1.807, 2.05) is 11.3 Å². The molecule has 0 saturated heterocycles. The van der Waals surface area contributed by atoms with E-state index in [-0.39, 0.29) is 0 Å². The van der Waals surface area contributed by atoms with Gasteiger partial charge in [0, 0.05) is 28.9 Å². The summed E-state index contributed by atoms with van der Waals surface area (Å²) in [5.41, 5.74) is 0. The van der Waals surface area contributed by atoms with Gasteiger partial charge in [0.15, 0.2) is 0 Å². The Morgan fingerprint density at radius 1 is 1.31 bits per heavy atom. The summed E-state index contributed by atoms with van der Waals surface area (Å²) in [6.07, 6.45) is 1.20. The van der Waals surface area contributed by atoms with Gasteiger partial charge in [-0.25, -0.2) is 0 Å². The van der Waals surface area contributed by atoms with Gasteiger partial charge in [-0.15, -0.1) is 11.3 Å². The van der Waals surface area contributed by atoms with Crippen LogP contribution in [0.4, 0.5) is 0 Å². The SMILES string of the molecule is CCCNCc1ccc(CN(C)C(C)C)s1. The van der Waals surface area contributed by atoms with Crippen molar-refractivity contribution in [3.05, 3.63) is 21.9 Å². The van der Waals surface area contributed by atoms with Crippen molar-refractivity contribution in [3.63, 3.8) is 0 Å². The highest BCUT2D eigenvalue weighted by Crippen LogP contribution is 2.18. The molecule has 0 unspecified atom stereocenters. The van der Waals surface area contributed by atoms with Crippen molar-refractivity contribution in [3.8, 4) is 0 Å². The molecule has 0 fully saturated rings. The molecule has 0 aliphatic carbocycles. The average Bonchev–Trinajstić information content (AvgIpc) is 2.66. The van der Waals surface area contributed by atoms with Gasteiger partial charge in [-0.2, -0.15) is 0 Å². The second-order valence-corrected chi connectivity index (χ2v) is 5.81. The van der Waals surface area contributed by atoms with Crippen molar-refractivity contribution in [1.29, 1.82) is 0 Å². The van der Waals surface area contributed by atoms with Crippen LogP contribution in [0.5, 0.6) is 0 Å². The van der Waals surface area contributed by atoms with E-state index in [9.17, 15) is 0 Å². The van der Waals surface area contributed by atoms with Gasteiger partial charge in [-0.05, 0) is 46.0 Å². The second kappa shape index (κ2) is 7.05. The van der Waals surface area contributed by atoms with E-state index in [1.165, 1.54) is 16.2 Å². The third kappa shape index (κ3) is 4.64. The first kappa shape index (κ1) is 13.7. The van der Waals surface area contributed by atoms with Crippen molar-refractivity contribution >= 4 is 11.3 Å². The zero-order chi connectivity index (χ0) is 12.0. The predicted molar refractivity (Wildman–Crippen MR) is 72.9 cm³/mol. The topological polar surface area (TPSA) is 15.3 Å². The lowest BCUT2D eigenvalue weighted by molar-refractivity contribution is 0.268. The van der Waals surface area contributed by atoms with E-state index in [1.54, 1.807) is 0 Å². The minimum absolute atomic E-state index is 0.615. The van der Waals surface area contributed by atoms with Gasteiger partial charge in [0.05, 0.1) is 0 Å². The first-order chi connectivity index (χ1) is 7.63.